The van der Waals surface area contributed by atoms with E-state index in [4.69, 9.17) is 0 Å². The van der Waals surface area contributed by atoms with Crippen LogP contribution in [0.4, 0.5) is 0 Å². The van der Waals surface area contributed by atoms with Crippen molar-refractivity contribution in [1.82, 2.24) is 9.88 Å². The molecule has 0 unspecified atom stereocenters. The van der Waals surface area contributed by atoms with Crippen molar-refractivity contribution in [2.75, 3.05) is 20.7 Å². The Hall–Kier alpha value is -2.21. The molecule has 0 N–H and O–H groups in total. The van der Waals surface area contributed by atoms with Gasteiger partial charge in [0.25, 0.3) is 5.91 Å². The second-order valence-electron chi connectivity index (χ2n) is 4.50. The van der Waals surface area contributed by atoms with Crippen molar-refractivity contribution >= 4 is 23.2 Å². The van der Waals surface area contributed by atoms with Crippen LogP contribution in [0.15, 0.2) is 35.2 Å². The largest absolute Gasteiger partial charge is 0.469 e. The van der Waals surface area contributed by atoms with E-state index >= 15 is 0 Å². The smallest absolute Gasteiger partial charge is 0.307 e. The van der Waals surface area contributed by atoms with E-state index in [1.807, 2.05) is 17.5 Å². The number of carbonyl (C=O) groups excluding carboxylic acids is 2. The number of thiazole rings is 1. The van der Waals surface area contributed by atoms with Crippen LogP contribution in [0.2, 0.25) is 0 Å². The normalized spacial score (nSPS) is 10.2. The fourth-order valence-corrected chi connectivity index (χ4v) is 2.38. The zero-order chi connectivity index (χ0) is 15.2. The molecule has 6 heteroatoms. The highest BCUT2D eigenvalue weighted by molar-refractivity contribution is 7.07. The quantitative estimate of drug-likeness (QED) is 0.796. The SMILES string of the molecule is COC(=O)CCN(C)C(=O)c1ccc(-c2cscn2)cc1. The van der Waals surface area contributed by atoms with Gasteiger partial charge in [-0.15, -0.1) is 11.3 Å². The molecule has 0 bridgehead atoms. The van der Waals surface area contributed by atoms with Crippen molar-refractivity contribution in [3.63, 3.8) is 0 Å². The van der Waals surface area contributed by atoms with Gasteiger partial charge in [0.2, 0.25) is 0 Å². The van der Waals surface area contributed by atoms with Crippen LogP contribution in [0.1, 0.15) is 16.8 Å². The summed E-state index contributed by atoms with van der Waals surface area (Å²) in [5.41, 5.74) is 4.24. The second-order valence-corrected chi connectivity index (χ2v) is 5.22. The number of benzene rings is 1. The molecule has 0 spiro atoms. The third-order valence-corrected chi connectivity index (χ3v) is 3.67. The number of aromatic nitrogens is 1. The van der Waals surface area contributed by atoms with Crippen molar-refractivity contribution < 1.29 is 14.3 Å². The Labute approximate surface area is 127 Å². The molecule has 2 rings (SSSR count). The zero-order valence-electron chi connectivity index (χ0n) is 11.9. The molecule has 0 aliphatic heterocycles. The lowest BCUT2D eigenvalue weighted by Gasteiger charge is -2.16. The van der Waals surface area contributed by atoms with Crippen LogP contribution in [-0.2, 0) is 9.53 Å². The number of nitrogens with zero attached hydrogens (tertiary/aromatic N) is 2. The van der Waals surface area contributed by atoms with E-state index in [2.05, 4.69) is 9.72 Å². The first-order valence-corrected chi connectivity index (χ1v) is 7.37. The summed E-state index contributed by atoms with van der Waals surface area (Å²) in [7, 11) is 3.00. The van der Waals surface area contributed by atoms with Crippen LogP contribution in [0.25, 0.3) is 11.3 Å². The third-order valence-electron chi connectivity index (χ3n) is 3.09. The van der Waals surface area contributed by atoms with Crippen LogP contribution in [0, 0.1) is 0 Å². The van der Waals surface area contributed by atoms with Gasteiger partial charge < -0.3 is 9.64 Å². The van der Waals surface area contributed by atoms with Crippen molar-refractivity contribution in [1.29, 1.82) is 0 Å². The predicted octanol–water partition coefficient (Wildman–Crippen LogP) is 2.45. The van der Waals surface area contributed by atoms with Gasteiger partial charge in [0.15, 0.2) is 0 Å². The van der Waals surface area contributed by atoms with E-state index in [0.717, 1.165) is 11.3 Å². The van der Waals surface area contributed by atoms with Crippen LogP contribution in [0.5, 0.6) is 0 Å². The number of amides is 1. The molecule has 0 fully saturated rings. The number of esters is 1. The first kappa shape index (κ1) is 15.2. The molecule has 0 radical (unpaired) electrons. The van der Waals surface area contributed by atoms with Gasteiger partial charge in [-0.2, -0.15) is 0 Å². The molecule has 0 saturated carbocycles. The maximum atomic E-state index is 12.2. The van der Waals surface area contributed by atoms with Crippen LogP contribution >= 0.6 is 11.3 Å². The van der Waals surface area contributed by atoms with Crippen molar-refractivity contribution in [2.45, 2.75) is 6.42 Å². The topological polar surface area (TPSA) is 59.5 Å². The van der Waals surface area contributed by atoms with Gasteiger partial charge >= 0.3 is 5.97 Å². The Morgan fingerprint density at radius 2 is 2.00 bits per heavy atom. The predicted molar refractivity (Wildman–Crippen MR) is 81.1 cm³/mol. The fourth-order valence-electron chi connectivity index (χ4n) is 1.82. The lowest BCUT2D eigenvalue weighted by atomic mass is 10.1. The number of carbonyl (C=O) groups is 2. The van der Waals surface area contributed by atoms with Gasteiger partial charge in [-0.3, -0.25) is 9.59 Å². The monoisotopic (exact) mass is 304 g/mol. The summed E-state index contributed by atoms with van der Waals surface area (Å²) in [4.78, 5) is 29.0. The molecular formula is C15H16N2O3S. The summed E-state index contributed by atoms with van der Waals surface area (Å²) in [5.74, 6) is -0.447. The molecule has 110 valence electrons. The lowest BCUT2D eigenvalue weighted by Crippen LogP contribution is -2.29. The summed E-state index contributed by atoms with van der Waals surface area (Å²) < 4.78 is 4.56. The van der Waals surface area contributed by atoms with E-state index in [9.17, 15) is 9.59 Å². The first-order chi connectivity index (χ1) is 10.1. The van der Waals surface area contributed by atoms with Gasteiger partial charge in [0.1, 0.15) is 0 Å². The number of hydrogen-bond acceptors (Lipinski definition) is 5. The standard InChI is InChI=1S/C15H16N2O3S/c1-17(8-7-14(18)20-2)15(19)12-5-3-11(4-6-12)13-9-21-10-16-13/h3-6,9-10H,7-8H2,1-2H3. The summed E-state index contributed by atoms with van der Waals surface area (Å²) in [6.45, 7) is 0.333. The maximum Gasteiger partial charge on any atom is 0.307 e. The second kappa shape index (κ2) is 6.99. The average Bonchev–Trinajstić information content (AvgIpc) is 3.06. The average molecular weight is 304 g/mol. The Kier molecular flexibility index (Phi) is 5.05. The number of hydrogen-bond donors (Lipinski definition) is 0. The van der Waals surface area contributed by atoms with Gasteiger partial charge in [0.05, 0.1) is 24.7 Å². The molecule has 0 aliphatic rings. The van der Waals surface area contributed by atoms with E-state index in [0.29, 0.717) is 12.1 Å². The minimum Gasteiger partial charge on any atom is -0.469 e. The Morgan fingerprint density at radius 1 is 1.29 bits per heavy atom. The number of rotatable bonds is 5. The molecule has 1 aromatic carbocycles. The number of ether oxygens (including phenoxy) is 1. The summed E-state index contributed by atoms with van der Waals surface area (Å²) in [6, 6.07) is 7.28. The highest BCUT2D eigenvalue weighted by Gasteiger charge is 2.13. The number of methoxy groups -OCH3 is 1. The van der Waals surface area contributed by atoms with E-state index in [1.165, 1.54) is 23.3 Å². The molecule has 0 aliphatic carbocycles. The molecule has 0 atom stereocenters. The highest BCUT2D eigenvalue weighted by Crippen LogP contribution is 2.19. The molecule has 2 aromatic rings. The van der Waals surface area contributed by atoms with Gasteiger partial charge in [-0.25, -0.2) is 4.98 Å². The van der Waals surface area contributed by atoms with Gasteiger partial charge in [-0.1, -0.05) is 12.1 Å². The lowest BCUT2D eigenvalue weighted by molar-refractivity contribution is -0.140. The summed E-state index contributed by atoms with van der Waals surface area (Å²) in [5, 5.41) is 1.96. The Balaban J connectivity index is 2.01. The van der Waals surface area contributed by atoms with E-state index in [1.54, 1.807) is 24.7 Å². The molecule has 21 heavy (non-hydrogen) atoms. The molecule has 1 heterocycles. The van der Waals surface area contributed by atoms with E-state index < -0.39 is 0 Å². The van der Waals surface area contributed by atoms with Crippen molar-refractivity contribution in [2.24, 2.45) is 0 Å². The minimum absolute atomic E-state index is 0.122. The van der Waals surface area contributed by atoms with Crippen LogP contribution in [0.3, 0.4) is 0 Å². The molecule has 1 aromatic heterocycles. The summed E-state index contributed by atoms with van der Waals surface area (Å²) in [6.07, 6.45) is 0.190. The van der Waals surface area contributed by atoms with Gasteiger partial charge in [0, 0.05) is 30.1 Å². The van der Waals surface area contributed by atoms with Crippen molar-refractivity contribution in [3.8, 4) is 11.3 Å². The third kappa shape index (κ3) is 3.88. The zero-order valence-corrected chi connectivity index (χ0v) is 12.7. The Morgan fingerprint density at radius 3 is 2.57 bits per heavy atom. The molecule has 5 nitrogen and oxygen atoms in total. The van der Waals surface area contributed by atoms with E-state index in [-0.39, 0.29) is 18.3 Å². The van der Waals surface area contributed by atoms with Crippen molar-refractivity contribution in [3.05, 3.63) is 40.7 Å². The minimum atomic E-state index is -0.325. The van der Waals surface area contributed by atoms with Gasteiger partial charge in [-0.05, 0) is 12.1 Å². The first-order valence-electron chi connectivity index (χ1n) is 6.42. The summed E-state index contributed by atoms with van der Waals surface area (Å²) >= 11 is 1.53. The Bertz CT molecular complexity index is 608. The molecule has 0 saturated heterocycles. The fraction of sp³-hybridized carbons (Fsp3) is 0.267. The highest BCUT2D eigenvalue weighted by atomic mass is 32.1. The van der Waals surface area contributed by atoms with Crippen LogP contribution in [-0.4, -0.2) is 42.5 Å². The van der Waals surface area contributed by atoms with Crippen LogP contribution < -0.4 is 0 Å². The molecular weight excluding hydrogens is 288 g/mol. The maximum absolute atomic E-state index is 12.2. The molecule has 1 amide bonds.